The van der Waals surface area contributed by atoms with Crippen molar-refractivity contribution < 1.29 is 14.3 Å². The maximum Gasteiger partial charge on any atom is 0.251 e. The van der Waals surface area contributed by atoms with Gasteiger partial charge in [0, 0.05) is 24.2 Å². The van der Waals surface area contributed by atoms with E-state index >= 15 is 0 Å². The summed E-state index contributed by atoms with van der Waals surface area (Å²) in [5.41, 5.74) is 1.41. The Bertz CT molecular complexity index is 790. The Labute approximate surface area is 165 Å². The molecule has 5 nitrogen and oxygen atoms in total. The van der Waals surface area contributed by atoms with E-state index in [1.54, 1.807) is 49.4 Å². The number of hydrogen-bond donors (Lipinski definition) is 1. The molecule has 144 valence electrons. The van der Waals surface area contributed by atoms with Crippen molar-refractivity contribution in [2.45, 2.75) is 26.4 Å². The molecule has 0 bridgehead atoms. The van der Waals surface area contributed by atoms with E-state index in [0.29, 0.717) is 22.9 Å². The summed E-state index contributed by atoms with van der Waals surface area (Å²) < 4.78 is 5.10. The first-order valence-corrected chi connectivity index (χ1v) is 9.14. The van der Waals surface area contributed by atoms with E-state index in [1.807, 2.05) is 32.0 Å². The molecular formula is C21H25ClN2O3. The van der Waals surface area contributed by atoms with Crippen molar-refractivity contribution in [2.24, 2.45) is 5.92 Å². The second-order valence-electron chi connectivity index (χ2n) is 6.75. The van der Waals surface area contributed by atoms with E-state index < -0.39 is 6.04 Å². The zero-order valence-corrected chi connectivity index (χ0v) is 16.8. The van der Waals surface area contributed by atoms with Crippen LogP contribution in [0.15, 0.2) is 48.5 Å². The zero-order valence-electron chi connectivity index (χ0n) is 16.0. The first-order chi connectivity index (χ1) is 12.8. The maximum atomic E-state index is 12.9. The smallest absolute Gasteiger partial charge is 0.251 e. The second-order valence-corrected chi connectivity index (χ2v) is 7.18. The van der Waals surface area contributed by atoms with Crippen LogP contribution in [0, 0.1) is 5.92 Å². The molecule has 0 saturated carbocycles. The van der Waals surface area contributed by atoms with Gasteiger partial charge in [-0.1, -0.05) is 37.6 Å². The standard InChI is InChI=1S/C21H25ClN2O3/c1-14(2)19(23-20(25)16-8-10-18(27-4)11-9-16)21(26)24(3)13-15-6-5-7-17(22)12-15/h5-12,14,19H,13H2,1-4H3,(H,23,25). The SMILES string of the molecule is COc1ccc(C(=O)NC(C(=O)N(C)Cc2cccc(Cl)c2)C(C)C)cc1. The van der Waals surface area contributed by atoms with Gasteiger partial charge in [-0.2, -0.15) is 0 Å². The van der Waals surface area contributed by atoms with Crippen LogP contribution < -0.4 is 10.1 Å². The highest BCUT2D eigenvalue weighted by molar-refractivity contribution is 6.30. The van der Waals surface area contributed by atoms with Crippen LogP contribution in [0.4, 0.5) is 0 Å². The third-order valence-corrected chi connectivity index (χ3v) is 4.49. The number of halogens is 1. The number of carbonyl (C=O) groups is 2. The Kier molecular flexibility index (Phi) is 7.25. The molecule has 2 aromatic carbocycles. The Morgan fingerprint density at radius 1 is 1.15 bits per heavy atom. The summed E-state index contributed by atoms with van der Waals surface area (Å²) in [7, 11) is 3.29. The van der Waals surface area contributed by atoms with Crippen LogP contribution in [0.3, 0.4) is 0 Å². The summed E-state index contributed by atoms with van der Waals surface area (Å²) in [5.74, 6) is 0.179. The number of rotatable bonds is 7. The Balaban J connectivity index is 2.08. The number of methoxy groups -OCH3 is 1. The van der Waals surface area contributed by atoms with Crippen molar-refractivity contribution in [2.75, 3.05) is 14.2 Å². The van der Waals surface area contributed by atoms with Crippen LogP contribution in [0.5, 0.6) is 5.75 Å². The molecule has 0 radical (unpaired) electrons. The number of carbonyl (C=O) groups excluding carboxylic acids is 2. The summed E-state index contributed by atoms with van der Waals surface area (Å²) in [6, 6.07) is 13.5. The Morgan fingerprint density at radius 2 is 1.81 bits per heavy atom. The fraction of sp³-hybridized carbons (Fsp3) is 0.333. The molecule has 1 atom stereocenters. The van der Waals surface area contributed by atoms with Gasteiger partial charge in [-0.3, -0.25) is 9.59 Å². The first-order valence-electron chi connectivity index (χ1n) is 8.76. The van der Waals surface area contributed by atoms with Crippen LogP contribution in [0.1, 0.15) is 29.8 Å². The number of likely N-dealkylation sites (N-methyl/N-ethyl adjacent to an activating group) is 1. The molecule has 1 unspecified atom stereocenters. The molecule has 0 fully saturated rings. The van der Waals surface area contributed by atoms with Gasteiger partial charge in [0.25, 0.3) is 5.91 Å². The van der Waals surface area contributed by atoms with Crippen LogP contribution in [0.25, 0.3) is 0 Å². The van der Waals surface area contributed by atoms with E-state index in [-0.39, 0.29) is 17.7 Å². The molecule has 2 aromatic rings. The number of ether oxygens (including phenoxy) is 1. The maximum absolute atomic E-state index is 12.9. The van der Waals surface area contributed by atoms with Crippen molar-refractivity contribution >= 4 is 23.4 Å². The quantitative estimate of drug-likeness (QED) is 0.785. The largest absolute Gasteiger partial charge is 0.497 e. The molecule has 2 amide bonds. The normalized spacial score (nSPS) is 11.8. The fourth-order valence-electron chi connectivity index (χ4n) is 2.71. The predicted octanol–water partition coefficient (Wildman–Crippen LogP) is 3.76. The Morgan fingerprint density at radius 3 is 2.37 bits per heavy atom. The van der Waals surface area contributed by atoms with E-state index in [2.05, 4.69) is 5.32 Å². The van der Waals surface area contributed by atoms with E-state index in [4.69, 9.17) is 16.3 Å². The van der Waals surface area contributed by atoms with Crippen molar-refractivity contribution in [1.29, 1.82) is 0 Å². The van der Waals surface area contributed by atoms with Gasteiger partial charge in [0.1, 0.15) is 11.8 Å². The number of benzene rings is 2. The molecular weight excluding hydrogens is 364 g/mol. The van der Waals surface area contributed by atoms with Crippen LogP contribution >= 0.6 is 11.6 Å². The van der Waals surface area contributed by atoms with Crippen LogP contribution in [-0.2, 0) is 11.3 Å². The minimum atomic E-state index is -0.621. The first kappa shape index (κ1) is 20.8. The number of nitrogens with one attached hydrogen (secondary N) is 1. The van der Waals surface area contributed by atoms with Crippen LogP contribution in [-0.4, -0.2) is 36.9 Å². The molecule has 0 aliphatic carbocycles. The van der Waals surface area contributed by atoms with Gasteiger partial charge in [0.15, 0.2) is 0 Å². The van der Waals surface area contributed by atoms with Crippen molar-refractivity contribution in [3.63, 3.8) is 0 Å². The van der Waals surface area contributed by atoms with Gasteiger partial charge in [-0.05, 0) is 47.9 Å². The molecule has 0 heterocycles. The molecule has 27 heavy (non-hydrogen) atoms. The van der Waals surface area contributed by atoms with E-state index in [0.717, 1.165) is 5.56 Å². The molecule has 0 aliphatic heterocycles. The van der Waals surface area contributed by atoms with Gasteiger partial charge >= 0.3 is 0 Å². The molecule has 0 spiro atoms. The summed E-state index contributed by atoms with van der Waals surface area (Å²) in [6.07, 6.45) is 0. The average Bonchev–Trinajstić information content (AvgIpc) is 2.65. The van der Waals surface area contributed by atoms with Gasteiger partial charge < -0.3 is 15.0 Å². The van der Waals surface area contributed by atoms with Gasteiger partial charge in [0.05, 0.1) is 7.11 Å². The fourth-order valence-corrected chi connectivity index (χ4v) is 2.92. The number of nitrogens with zero attached hydrogens (tertiary/aromatic N) is 1. The minimum Gasteiger partial charge on any atom is -0.497 e. The van der Waals surface area contributed by atoms with Gasteiger partial charge in [0.2, 0.25) is 5.91 Å². The van der Waals surface area contributed by atoms with E-state index in [9.17, 15) is 9.59 Å². The van der Waals surface area contributed by atoms with E-state index in [1.165, 1.54) is 0 Å². The molecule has 1 N–H and O–H groups in total. The second kappa shape index (κ2) is 9.42. The number of amides is 2. The van der Waals surface area contributed by atoms with Crippen molar-refractivity contribution in [1.82, 2.24) is 10.2 Å². The van der Waals surface area contributed by atoms with Gasteiger partial charge in [-0.25, -0.2) is 0 Å². The lowest BCUT2D eigenvalue weighted by Gasteiger charge is -2.27. The molecule has 2 rings (SSSR count). The number of hydrogen-bond acceptors (Lipinski definition) is 3. The monoisotopic (exact) mass is 388 g/mol. The third-order valence-electron chi connectivity index (χ3n) is 4.26. The average molecular weight is 389 g/mol. The third kappa shape index (κ3) is 5.73. The summed E-state index contributed by atoms with van der Waals surface area (Å²) in [6.45, 7) is 4.23. The summed E-state index contributed by atoms with van der Waals surface area (Å²) in [4.78, 5) is 27.1. The summed E-state index contributed by atoms with van der Waals surface area (Å²) in [5, 5.41) is 3.48. The summed E-state index contributed by atoms with van der Waals surface area (Å²) >= 11 is 6.01. The van der Waals surface area contributed by atoms with Gasteiger partial charge in [-0.15, -0.1) is 0 Å². The highest BCUT2D eigenvalue weighted by Crippen LogP contribution is 2.15. The topological polar surface area (TPSA) is 58.6 Å². The van der Waals surface area contributed by atoms with Crippen LogP contribution in [0.2, 0.25) is 5.02 Å². The lowest BCUT2D eigenvalue weighted by Crippen LogP contribution is -2.50. The Hall–Kier alpha value is -2.53. The lowest BCUT2D eigenvalue weighted by atomic mass is 10.0. The minimum absolute atomic E-state index is 0.0542. The highest BCUT2D eigenvalue weighted by atomic mass is 35.5. The predicted molar refractivity (Wildman–Crippen MR) is 107 cm³/mol. The molecule has 0 aromatic heterocycles. The molecule has 6 heteroatoms. The molecule has 0 saturated heterocycles. The zero-order chi connectivity index (χ0) is 20.0. The highest BCUT2D eigenvalue weighted by Gasteiger charge is 2.27. The lowest BCUT2D eigenvalue weighted by molar-refractivity contribution is -0.133. The van der Waals surface area contributed by atoms with Crippen molar-refractivity contribution in [3.8, 4) is 5.75 Å². The van der Waals surface area contributed by atoms with Crippen molar-refractivity contribution in [3.05, 3.63) is 64.7 Å². The molecule has 0 aliphatic rings.